The van der Waals surface area contributed by atoms with Crippen molar-refractivity contribution >= 4 is 11.7 Å². The average molecular weight is 411 g/mol. The minimum atomic E-state index is -1.74. The highest BCUT2D eigenvalue weighted by Crippen LogP contribution is 2.37. The maximum Gasteiger partial charge on any atom is 0.244 e. The molecular weight excluding hydrogens is 378 g/mol. The van der Waals surface area contributed by atoms with Crippen LogP contribution in [-0.4, -0.2) is 68.9 Å². The maximum absolute atomic E-state index is 12.2. The van der Waals surface area contributed by atoms with Crippen LogP contribution in [0.1, 0.15) is 57.8 Å². The van der Waals surface area contributed by atoms with E-state index in [0.29, 0.717) is 0 Å². The van der Waals surface area contributed by atoms with E-state index >= 15 is 0 Å². The molecule has 8 nitrogen and oxygen atoms in total. The molecule has 164 valence electrons. The number of allylic oxidation sites excluding steroid dienone is 1. The zero-order valence-corrected chi connectivity index (χ0v) is 16.7. The zero-order valence-electron chi connectivity index (χ0n) is 16.7. The summed E-state index contributed by atoms with van der Waals surface area (Å²) < 4.78 is 5.30. The van der Waals surface area contributed by atoms with E-state index in [1.165, 1.54) is 12.2 Å². The molecule has 1 fully saturated rings. The first-order chi connectivity index (χ1) is 13.9. The molecule has 1 amide bonds. The Kier molecular flexibility index (Phi) is 9.45. The minimum Gasteiger partial charge on any atom is -0.396 e. The quantitative estimate of drug-likeness (QED) is 0.246. The van der Waals surface area contributed by atoms with Gasteiger partial charge in [-0.1, -0.05) is 38.2 Å². The Labute approximate surface area is 171 Å². The first-order valence-electron chi connectivity index (χ1n) is 10.4. The SMILES string of the molecule is O=C(C=CCCCCCCCCCO)N[C@H]1C[C@@]2(O[C@H]1O)C(=O)C=C[C@@H](O)[C@@H]2O. The fourth-order valence-corrected chi connectivity index (χ4v) is 3.78. The summed E-state index contributed by atoms with van der Waals surface area (Å²) in [4.78, 5) is 24.3. The summed E-state index contributed by atoms with van der Waals surface area (Å²) in [6.45, 7) is 0.258. The van der Waals surface area contributed by atoms with Crippen LogP contribution in [0.2, 0.25) is 0 Å². The monoisotopic (exact) mass is 411 g/mol. The molecule has 2 aliphatic rings. The van der Waals surface area contributed by atoms with Crippen molar-refractivity contribution in [1.82, 2.24) is 5.32 Å². The van der Waals surface area contributed by atoms with Gasteiger partial charge in [0.15, 0.2) is 17.7 Å². The van der Waals surface area contributed by atoms with Gasteiger partial charge in [0, 0.05) is 13.0 Å². The lowest BCUT2D eigenvalue weighted by Gasteiger charge is -2.35. The van der Waals surface area contributed by atoms with Crippen LogP contribution in [0.3, 0.4) is 0 Å². The van der Waals surface area contributed by atoms with Crippen molar-refractivity contribution in [3.63, 3.8) is 0 Å². The smallest absolute Gasteiger partial charge is 0.244 e. The molecule has 0 unspecified atom stereocenters. The molecule has 0 saturated carbocycles. The Balaban J connectivity index is 1.69. The molecule has 0 bridgehead atoms. The molecule has 1 heterocycles. The summed E-state index contributed by atoms with van der Waals surface area (Å²) in [5, 5.41) is 41.3. The van der Waals surface area contributed by atoms with Crippen molar-refractivity contribution in [3.05, 3.63) is 24.3 Å². The van der Waals surface area contributed by atoms with E-state index in [0.717, 1.165) is 57.4 Å². The van der Waals surface area contributed by atoms with Crippen molar-refractivity contribution in [2.45, 2.75) is 87.9 Å². The third kappa shape index (κ3) is 6.45. The standard InChI is InChI=1S/C21H33NO7/c23-13-9-7-5-3-1-2-4-6-8-10-18(26)22-15-14-21(29-20(15)28)17(25)12-11-16(24)19(21)27/h8,10-12,15-16,19-20,23-24,27-28H,1-7,9,13-14H2,(H,22,26)/t15-,16+,19-,20+,21+/m0/s1. The molecule has 5 atom stereocenters. The Morgan fingerprint density at radius 2 is 1.79 bits per heavy atom. The molecule has 5 N–H and O–H groups in total. The van der Waals surface area contributed by atoms with Gasteiger partial charge in [0.2, 0.25) is 5.91 Å². The number of unbranched alkanes of at least 4 members (excludes halogenated alkanes) is 7. The second-order valence-corrected chi connectivity index (χ2v) is 7.77. The van der Waals surface area contributed by atoms with Crippen LogP contribution in [0.25, 0.3) is 0 Å². The first kappa shape index (κ1) is 23.7. The molecule has 0 radical (unpaired) electrons. The number of ether oxygens (including phenoxy) is 1. The Bertz CT molecular complexity index is 606. The van der Waals surface area contributed by atoms with E-state index < -0.39 is 41.8 Å². The van der Waals surface area contributed by atoms with Gasteiger partial charge >= 0.3 is 0 Å². The predicted octanol–water partition coefficient (Wildman–Crippen LogP) is 0.479. The fourth-order valence-electron chi connectivity index (χ4n) is 3.78. The van der Waals surface area contributed by atoms with Gasteiger partial charge < -0.3 is 30.5 Å². The summed E-state index contributed by atoms with van der Waals surface area (Å²) >= 11 is 0. The van der Waals surface area contributed by atoms with Gasteiger partial charge in [-0.25, -0.2) is 0 Å². The second-order valence-electron chi connectivity index (χ2n) is 7.77. The normalized spacial score (nSPS) is 31.8. The van der Waals surface area contributed by atoms with Gasteiger partial charge in [-0.05, 0) is 37.5 Å². The lowest BCUT2D eigenvalue weighted by atomic mass is 9.80. The maximum atomic E-state index is 12.2. The number of ketones is 1. The minimum absolute atomic E-state index is 0.120. The molecule has 2 rings (SSSR count). The summed E-state index contributed by atoms with van der Waals surface area (Å²) in [7, 11) is 0. The lowest BCUT2D eigenvalue weighted by molar-refractivity contribution is -0.196. The molecule has 1 spiro atoms. The molecule has 1 aliphatic carbocycles. The summed E-state index contributed by atoms with van der Waals surface area (Å²) in [5.74, 6) is -0.953. The molecule has 0 aromatic rings. The van der Waals surface area contributed by atoms with Crippen LogP contribution in [-0.2, 0) is 14.3 Å². The van der Waals surface area contributed by atoms with Crippen LogP contribution in [0.15, 0.2) is 24.3 Å². The molecular formula is C21H33NO7. The van der Waals surface area contributed by atoms with E-state index in [4.69, 9.17) is 9.84 Å². The molecule has 0 aromatic heterocycles. The fraction of sp³-hybridized carbons (Fsp3) is 0.714. The number of aliphatic hydroxyl groups is 4. The number of aliphatic hydroxyl groups excluding tert-OH is 4. The number of amides is 1. The van der Waals surface area contributed by atoms with Crippen LogP contribution in [0.4, 0.5) is 0 Å². The van der Waals surface area contributed by atoms with Gasteiger partial charge in [-0.3, -0.25) is 9.59 Å². The zero-order chi connectivity index (χ0) is 21.3. The molecule has 8 heteroatoms. The highest BCUT2D eigenvalue weighted by molar-refractivity contribution is 5.99. The van der Waals surface area contributed by atoms with Gasteiger partial charge in [-0.2, -0.15) is 0 Å². The largest absolute Gasteiger partial charge is 0.396 e. The molecule has 29 heavy (non-hydrogen) atoms. The third-order valence-electron chi connectivity index (χ3n) is 5.49. The Morgan fingerprint density at radius 1 is 1.14 bits per heavy atom. The van der Waals surface area contributed by atoms with E-state index in [9.17, 15) is 24.9 Å². The van der Waals surface area contributed by atoms with Crippen molar-refractivity contribution in [3.8, 4) is 0 Å². The summed E-state index contributed by atoms with van der Waals surface area (Å²) in [5.41, 5.74) is -1.74. The summed E-state index contributed by atoms with van der Waals surface area (Å²) in [6, 6.07) is -0.858. The summed E-state index contributed by atoms with van der Waals surface area (Å²) in [6.07, 6.45) is 9.30. The van der Waals surface area contributed by atoms with Crippen LogP contribution in [0, 0.1) is 0 Å². The second kappa shape index (κ2) is 11.6. The molecule has 1 aliphatic heterocycles. The number of carbonyl (C=O) groups excluding carboxylic acids is 2. The number of rotatable bonds is 11. The van der Waals surface area contributed by atoms with Crippen LogP contribution >= 0.6 is 0 Å². The van der Waals surface area contributed by atoms with Crippen LogP contribution in [0.5, 0.6) is 0 Å². The first-order valence-corrected chi connectivity index (χ1v) is 10.4. The molecule has 1 saturated heterocycles. The predicted molar refractivity (Wildman–Crippen MR) is 106 cm³/mol. The average Bonchev–Trinajstić information content (AvgIpc) is 3.02. The number of carbonyl (C=O) groups is 2. The van der Waals surface area contributed by atoms with Gasteiger partial charge in [-0.15, -0.1) is 0 Å². The van der Waals surface area contributed by atoms with Gasteiger partial charge in [0.05, 0.1) is 6.04 Å². The number of nitrogens with one attached hydrogen (secondary N) is 1. The van der Waals surface area contributed by atoms with E-state index in [1.54, 1.807) is 6.08 Å². The third-order valence-corrected chi connectivity index (χ3v) is 5.49. The van der Waals surface area contributed by atoms with E-state index in [-0.39, 0.29) is 13.0 Å². The Morgan fingerprint density at radius 3 is 2.48 bits per heavy atom. The highest BCUT2D eigenvalue weighted by atomic mass is 16.6. The van der Waals surface area contributed by atoms with E-state index in [2.05, 4.69) is 5.32 Å². The number of hydrogen-bond donors (Lipinski definition) is 5. The topological polar surface area (TPSA) is 136 Å². The van der Waals surface area contributed by atoms with Crippen molar-refractivity contribution < 1.29 is 34.8 Å². The highest BCUT2D eigenvalue weighted by Gasteiger charge is 2.58. The van der Waals surface area contributed by atoms with Crippen molar-refractivity contribution in [2.24, 2.45) is 0 Å². The van der Waals surface area contributed by atoms with Crippen molar-refractivity contribution in [1.29, 1.82) is 0 Å². The van der Waals surface area contributed by atoms with E-state index in [1.807, 2.05) is 0 Å². The van der Waals surface area contributed by atoms with Gasteiger partial charge in [0.1, 0.15) is 12.2 Å². The lowest BCUT2D eigenvalue weighted by Crippen LogP contribution is -2.56. The molecule has 0 aromatic carbocycles. The van der Waals surface area contributed by atoms with Crippen LogP contribution < -0.4 is 5.32 Å². The Hall–Kier alpha value is -1.58. The van der Waals surface area contributed by atoms with Gasteiger partial charge in [0.25, 0.3) is 0 Å². The van der Waals surface area contributed by atoms with Crippen molar-refractivity contribution in [2.75, 3.05) is 6.61 Å². The number of hydrogen-bond acceptors (Lipinski definition) is 7.